The van der Waals surface area contributed by atoms with Crippen LogP contribution in [0.15, 0.2) is 17.0 Å². The smallest absolute Gasteiger partial charge is 0.245 e. The zero-order chi connectivity index (χ0) is 14.8. The van der Waals surface area contributed by atoms with Gasteiger partial charge in [-0.2, -0.15) is 0 Å². The van der Waals surface area contributed by atoms with Crippen LogP contribution in [-0.2, 0) is 10.0 Å². The molecule has 8 heteroatoms. The highest BCUT2D eigenvalue weighted by atomic mass is 32.2. The van der Waals surface area contributed by atoms with Crippen molar-refractivity contribution in [2.45, 2.75) is 24.3 Å². The maximum Gasteiger partial charge on any atom is 0.245 e. The molecule has 1 rings (SSSR count). The summed E-state index contributed by atoms with van der Waals surface area (Å²) in [5, 5.41) is 9.07. The van der Waals surface area contributed by atoms with Crippen molar-refractivity contribution >= 4 is 10.0 Å². The Kier molecular flexibility index (Phi) is 4.94. The standard InChI is InChI=1S/C11H14F3NO3S/c1-7(16)5-6-15(2)19(17,18)9-4-3-8(12)10(13)11(9)14/h3-4,7,16H,5-6H2,1-2H3. The second kappa shape index (κ2) is 5.89. The van der Waals surface area contributed by atoms with Gasteiger partial charge in [0.15, 0.2) is 17.5 Å². The Balaban J connectivity index is 3.10. The molecule has 0 saturated carbocycles. The minimum absolute atomic E-state index is 0.0710. The van der Waals surface area contributed by atoms with Crippen molar-refractivity contribution in [3.05, 3.63) is 29.6 Å². The first-order valence-electron chi connectivity index (χ1n) is 5.45. The van der Waals surface area contributed by atoms with Crippen molar-refractivity contribution in [3.8, 4) is 0 Å². The van der Waals surface area contributed by atoms with Crippen LogP contribution in [0, 0.1) is 17.5 Å². The number of hydrogen-bond acceptors (Lipinski definition) is 3. The SMILES string of the molecule is CC(O)CCN(C)S(=O)(=O)c1ccc(F)c(F)c1F. The van der Waals surface area contributed by atoms with Gasteiger partial charge in [-0.25, -0.2) is 25.9 Å². The predicted molar refractivity (Wildman–Crippen MR) is 62.4 cm³/mol. The number of sulfonamides is 1. The highest BCUT2D eigenvalue weighted by molar-refractivity contribution is 7.89. The van der Waals surface area contributed by atoms with Crippen molar-refractivity contribution in [3.63, 3.8) is 0 Å². The summed E-state index contributed by atoms with van der Waals surface area (Å²) in [6.07, 6.45) is -0.589. The quantitative estimate of drug-likeness (QED) is 0.838. The summed E-state index contributed by atoms with van der Waals surface area (Å²) in [6, 6.07) is 1.22. The highest BCUT2D eigenvalue weighted by Crippen LogP contribution is 2.22. The van der Waals surface area contributed by atoms with E-state index in [9.17, 15) is 21.6 Å². The normalized spacial score (nSPS) is 13.8. The molecule has 0 aliphatic carbocycles. The van der Waals surface area contributed by atoms with Gasteiger partial charge < -0.3 is 5.11 Å². The third kappa shape index (κ3) is 3.46. The summed E-state index contributed by atoms with van der Waals surface area (Å²) in [4.78, 5) is -0.931. The van der Waals surface area contributed by atoms with Crippen LogP contribution < -0.4 is 0 Å². The van der Waals surface area contributed by atoms with Gasteiger partial charge in [-0.15, -0.1) is 0 Å². The van der Waals surface area contributed by atoms with Gasteiger partial charge in [0.1, 0.15) is 4.90 Å². The molecule has 0 bridgehead atoms. The van der Waals surface area contributed by atoms with Gasteiger partial charge in [0.25, 0.3) is 0 Å². The molecule has 0 heterocycles. The first-order valence-corrected chi connectivity index (χ1v) is 6.89. The van der Waals surface area contributed by atoms with Gasteiger partial charge in [-0.1, -0.05) is 0 Å². The summed E-state index contributed by atoms with van der Waals surface area (Å²) >= 11 is 0. The lowest BCUT2D eigenvalue weighted by molar-refractivity contribution is 0.177. The second-order valence-electron chi connectivity index (χ2n) is 4.14. The Morgan fingerprint density at radius 1 is 1.26 bits per heavy atom. The van der Waals surface area contributed by atoms with Gasteiger partial charge in [0.2, 0.25) is 10.0 Å². The molecular weight excluding hydrogens is 283 g/mol. The van der Waals surface area contributed by atoms with E-state index in [0.717, 1.165) is 4.31 Å². The molecule has 19 heavy (non-hydrogen) atoms. The summed E-state index contributed by atoms with van der Waals surface area (Å²) in [7, 11) is -3.10. The summed E-state index contributed by atoms with van der Waals surface area (Å²) in [6.45, 7) is 1.40. The Labute approximate surface area is 109 Å². The third-order valence-corrected chi connectivity index (χ3v) is 4.42. The third-order valence-electron chi connectivity index (χ3n) is 2.55. The van der Waals surface area contributed by atoms with Crippen LogP contribution >= 0.6 is 0 Å². The van der Waals surface area contributed by atoms with Crippen LogP contribution in [0.3, 0.4) is 0 Å². The average Bonchev–Trinajstić information content (AvgIpc) is 2.32. The van der Waals surface area contributed by atoms with Crippen LogP contribution in [0.5, 0.6) is 0 Å². The predicted octanol–water partition coefficient (Wildman–Crippen LogP) is 1.50. The molecule has 0 radical (unpaired) electrons. The van der Waals surface area contributed by atoms with Crippen LogP contribution in [0.2, 0.25) is 0 Å². The maximum absolute atomic E-state index is 13.4. The fourth-order valence-corrected chi connectivity index (χ4v) is 2.60. The molecule has 0 aliphatic rings. The molecule has 108 valence electrons. The van der Waals surface area contributed by atoms with E-state index >= 15 is 0 Å². The molecule has 0 amide bonds. The van der Waals surface area contributed by atoms with Crippen molar-refractivity contribution in [1.82, 2.24) is 4.31 Å². The first kappa shape index (κ1) is 15.9. The first-order chi connectivity index (χ1) is 8.67. The Morgan fingerprint density at radius 3 is 2.37 bits per heavy atom. The molecule has 4 nitrogen and oxygen atoms in total. The number of nitrogens with zero attached hydrogens (tertiary/aromatic N) is 1. The molecule has 0 spiro atoms. The topological polar surface area (TPSA) is 57.6 Å². The zero-order valence-corrected chi connectivity index (χ0v) is 11.2. The van der Waals surface area contributed by atoms with E-state index in [0.29, 0.717) is 12.1 Å². The lowest BCUT2D eigenvalue weighted by atomic mass is 10.3. The molecule has 1 aromatic carbocycles. The van der Waals surface area contributed by atoms with E-state index in [4.69, 9.17) is 5.11 Å². The van der Waals surface area contributed by atoms with Gasteiger partial charge in [0.05, 0.1) is 6.10 Å². The van der Waals surface area contributed by atoms with E-state index in [-0.39, 0.29) is 13.0 Å². The van der Waals surface area contributed by atoms with Gasteiger partial charge in [-0.05, 0) is 25.5 Å². The van der Waals surface area contributed by atoms with Crippen molar-refractivity contribution in [2.24, 2.45) is 0 Å². The number of aliphatic hydroxyl groups is 1. The highest BCUT2D eigenvalue weighted by Gasteiger charge is 2.27. The summed E-state index contributed by atoms with van der Waals surface area (Å²) < 4.78 is 63.9. The molecule has 0 saturated heterocycles. The van der Waals surface area contributed by atoms with E-state index in [2.05, 4.69) is 0 Å². The van der Waals surface area contributed by atoms with Gasteiger partial charge in [-0.3, -0.25) is 0 Å². The second-order valence-corrected chi connectivity index (χ2v) is 6.15. The van der Waals surface area contributed by atoms with Crippen LogP contribution in [0.4, 0.5) is 13.2 Å². The van der Waals surface area contributed by atoms with E-state index in [1.54, 1.807) is 0 Å². The maximum atomic E-state index is 13.4. The number of halogens is 3. The molecular formula is C11H14F3NO3S. The minimum atomic E-state index is -4.26. The molecule has 0 aromatic heterocycles. The summed E-state index contributed by atoms with van der Waals surface area (Å²) in [5.74, 6) is -5.03. The largest absolute Gasteiger partial charge is 0.393 e. The monoisotopic (exact) mass is 297 g/mol. The molecule has 1 aromatic rings. The van der Waals surface area contributed by atoms with E-state index in [1.807, 2.05) is 0 Å². The number of benzene rings is 1. The fourth-order valence-electron chi connectivity index (χ4n) is 1.36. The Hall–Kier alpha value is -1.12. The molecule has 1 unspecified atom stereocenters. The molecule has 0 aliphatic heterocycles. The van der Waals surface area contributed by atoms with Crippen LogP contribution in [0.25, 0.3) is 0 Å². The Morgan fingerprint density at radius 2 is 1.84 bits per heavy atom. The van der Waals surface area contributed by atoms with E-state index < -0.39 is 38.5 Å². The number of aliphatic hydroxyl groups excluding tert-OH is 1. The molecule has 0 fully saturated rings. The Bertz CT molecular complexity index is 561. The van der Waals surface area contributed by atoms with Crippen LogP contribution in [0.1, 0.15) is 13.3 Å². The minimum Gasteiger partial charge on any atom is -0.393 e. The number of rotatable bonds is 5. The zero-order valence-electron chi connectivity index (χ0n) is 10.4. The van der Waals surface area contributed by atoms with E-state index in [1.165, 1.54) is 14.0 Å². The summed E-state index contributed by atoms with van der Waals surface area (Å²) in [5.41, 5.74) is 0. The van der Waals surface area contributed by atoms with Gasteiger partial charge in [0, 0.05) is 13.6 Å². The average molecular weight is 297 g/mol. The fraction of sp³-hybridized carbons (Fsp3) is 0.455. The van der Waals surface area contributed by atoms with Crippen molar-refractivity contribution in [2.75, 3.05) is 13.6 Å². The molecule has 1 N–H and O–H groups in total. The number of hydrogen-bond donors (Lipinski definition) is 1. The lowest BCUT2D eigenvalue weighted by Crippen LogP contribution is -2.30. The molecule has 1 atom stereocenters. The van der Waals surface area contributed by atoms with Crippen molar-refractivity contribution in [1.29, 1.82) is 0 Å². The van der Waals surface area contributed by atoms with Gasteiger partial charge >= 0.3 is 0 Å². The lowest BCUT2D eigenvalue weighted by Gasteiger charge is -2.18. The van der Waals surface area contributed by atoms with Crippen LogP contribution in [-0.4, -0.2) is 37.5 Å². The van der Waals surface area contributed by atoms with Crippen molar-refractivity contribution < 1.29 is 26.7 Å².